The quantitative estimate of drug-likeness (QED) is 0.289. The van der Waals surface area contributed by atoms with Gasteiger partial charge in [-0.05, 0) is 37.7 Å². The summed E-state index contributed by atoms with van der Waals surface area (Å²) in [5.74, 6) is -2.46. The number of likely N-dealkylation sites (tertiary alicyclic amines) is 1. The zero-order valence-electron chi connectivity index (χ0n) is 19.9. The van der Waals surface area contributed by atoms with Gasteiger partial charge in [0.2, 0.25) is 0 Å². The minimum absolute atomic E-state index is 0.0300. The van der Waals surface area contributed by atoms with Crippen molar-refractivity contribution in [3.8, 4) is 0 Å². The van der Waals surface area contributed by atoms with Gasteiger partial charge in [0.05, 0.1) is 12.1 Å². The topological polar surface area (TPSA) is 52.2 Å². The number of nitrogens with one attached hydrogen (secondary N) is 1. The van der Waals surface area contributed by atoms with Crippen molar-refractivity contribution in [2.45, 2.75) is 57.9 Å². The highest BCUT2D eigenvalue weighted by Gasteiger charge is 2.41. The average molecular weight is 523 g/mol. The molecule has 2 aliphatic rings. The Bertz CT molecular complexity index is 1020. The second kappa shape index (κ2) is 11.2. The number of amides is 1. The molecule has 1 fully saturated rings. The number of aromatic amines is 1. The molecule has 0 aliphatic carbocycles. The van der Waals surface area contributed by atoms with E-state index in [4.69, 9.17) is 0 Å². The Kier molecular flexibility index (Phi) is 8.68. The molecule has 1 amide bonds. The van der Waals surface area contributed by atoms with E-state index in [1.54, 1.807) is 6.92 Å². The van der Waals surface area contributed by atoms with Gasteiger partial charge < -0.3 is 4.90 Å². The third kappa shape index (κ3) is 6.77. The Labute approximate surface area is 204 Å². The molecule has 0 bridgehead atoms. The van der Waals surface area contributed by atoms with E-state index >= 15 is 0 Å². The number of H-pyrrole nitrogens is 1. The summed E-state index contributed by atoms with van der Waals surface area (Å²) in [5.41, 5.74) is -0.638. The molecule has 1 unspecified atom stereocenters. The largest absolute Gasteiger partial charge is 0.419 e. The molecule has 1 aromatic rings. The van der Waals surface area contributed by atoms with Crippen LogP contribution in [0.1, 0.15) is 54.4 Å². The van der Waals surface area contributed by atoms with E-state index in [1.165, 1.54) is 22.0 Å². The molecule has 1 N–H and O–H groups in total. The summed E-state index contributed by atoms with van der Waals surface area (Å²) >= 11 is 0. The molecule has 2 aliphatic heterocycles. The van der Waals surface area contributed by atoms with Crippen LogP contribution in [0, 0.1) is 5.92 Å². The van der Waals surface area contributed by atoms with Crippen LogP contribution in [0.4, 0.5) is 30.7 Å². The lowest BCUT2D eigenvalue weighted by Gasteiger charge is -2.28. The Morgan fingerprint density at radius 1 is 1.17 bits per heavy atom. The molecule has 0 saturated carbocycles. The molecule has 0 spiro atoms. The van der Waals surface area contributed by atoms with E-state index in [1.807, 2.05) is 0 Å². The van der Waals surface area contributed by atoms with Crippen LogP contribution in [0.2, 0.25) is 0 Å². The first kappa shape index (κ1) is 27.9. The third-order valence-corrected chi connectivity index (χ3v) is 6.53. The first-order valence-electron chi connectivity index (χ1n) is 11.7. The van der Waals surface area contributed by atoms with Crippen molar-refractivity contribution in [2.24, 2.45) is 5.92 Å². The number of carbonyl (C=O) groups excluding carboxylic acids is 1. The molecule has 200 valence electrons. The minimum atomic E-state index is -4.90. The lowest BCUT2D eigenvalue weighted by molar-refractivity contribution is -0.147. The van der Waals surface area contributed by atoms with Crippen molar-refractivity contribution in [3.63, 3.8) is 0 Å². The van der Waals surface area contributed by atoms with E-state index in [0.717, 1.165) is 0 Å². The van der Waals surface area contributed by atoms with Gasteiger partial charge in [0.15, 0.2) is 5.69 Å². The zero-order valence-corrected chi connectivity index (χ0v) is 19.9. The summed E-state index contributed by atoms with van der Waals surface area (Å²) in [7, 11) is 0. The second-order valence-corrected chi connectivity index (χ2v) is 9.10. The van der Waals surface area contributed by atoms with Crippen LogP contribution in [0.25, 0.3) is 0 Å². The van der Waals surface area contributed by atoms with Gasteiger partial charge in [-0.3, -0.25) is 14.8 Å². The van der Waals surface area contributed by atoms with E-state index in [9.17, 15) is 35.5 Å². The molecular weight excluding hydrogens is 493 g/mol. The van der Waals surface area contributed by atoms with E-state index < -0.39 is 48.5 Å². The lowest BCUT2D eigenvalue weighted by Crippen LogP contribution is -2.39. The third-order valence-electron chi connectivity index (χ3n) is 6.53. The van der Waals surface area contributed by atoms with Crippen LogP contribution in [-0.4, -0.2) is 64.4 Å². The number of rotatable bonds is 6. The summed E-state index contributed by atoms with van der Waals surface area (Å²) in [5, 5.41) is 6.78. The molecule has 0 aromatic carbocycles. The fourth-order valence-corrected chi connectivity index (χ4v) is 4.75. The number of allylic oxidation sites excluding steroid dienone is 5. The molecule has 3 rings (SSSR count). The number of aromatic nitrogens is 2. The monoisotopic (exact) mass is 522 g/mol. The Balaban J connectivity index is 1.73. The maximum absolute atomic E-state index is 14.4. The maximum atomic E-state index is 14.4. The van der Waals surface area contributed by atoms with Crippen LogP contribution in [0.3, 0.4) is 0 Å². The van der Waals surface area contributed by atoms with E-state index in [0.29, 0.717) is 24.1 Å². The highest BCUT2D eigenvalue weighted by molar-refractivity contribution is 5.94. The summed E-state index contributed by atoms with van der Waals surface area (Å²) in [4.78, 5) is 15.8. The second-order valence-electron chi connectivity index (χ2n) is 9.10. The normalized spacial score (nSPS) is 20.8. The fourth-order valence-electron chi connectivity index (χ4n) is 4.75. The average Bonchev–Trinajstić information content (AvgIpc) is 3.02. The summed E-state index contributed by atoms with van der Waals surface area (Å²) in [6.45, 7) is 4.48. The minimum Gasteiger partial charge on any atom is -0.337 e. The lowest BCUT2D eigenvalue weighted by atomic mass is 9.87. The summed E-state index contributed by atoms with van der Waals surface area (Å²) < 4.78 is 93.9. The van der Waals surface area contributed by atoms with Gasteiger partial charge in [0.1, 0.15) is 5.83 Å². The van der Waals surface area contributed by atoms with Gasteiger partial charge in [-0.1, -0.05) is 18.7 Å². The number of halogens is 7. The first-order chi connectivity index (χ1) is 16.8. The zero-order chi connectivity index (χ0) is 26.7. The fraction of sp³-hybridized carbons (Fsp3) is 0.583. The number of hydrogen-bond donors (Lipinski definition) is 1. The van der Waals surface area contributed by atoms with E-state index in [-0.39, 0.29) is 50.3 Å². The maximum Gasteiger partial charge on any atom is 0.419 e. The van der Waals surface area contributed by atoms with Crippen molar-refractivity contribution < 1.29 is 35.5 Å². The molecule has 1 saturated heterocycles. The van der Waals surface area contributed by atoms with Gasteiger partial charge in [0.25, 0.3) is 5.91 Å². The van der Waals surface area contributed by atoms with Crippen LogP contribution in [0.5, 0.6) is 0 Å². The van der Waals surface area contributed by atoms with Crippen molar-refractivity contribution in [1.82, 2.24) is 20.0 Å². The predicted octanol–water partition coefficient (Wildman–Crippen LogP) is 5.88. The van der Waals surface area contributed by atoms with Crippen molar-refractivity contribution in [3.05, 3.63) is 52.7 Å². The van der Waals surface area contributed by atoms with Gasteiger partial charge in [0, 0.05) is 50.3 Å². The van der Waals surface area contributed by atoms with Gasteiger partial charge in [-0.2, -0.15) is 31.4 Å². The van der Waals surface area contributed by atoms with E-state index in [2.05, 4.69) is 16.8 Å². The van der Waals surface area contributed by atoms with Crippen molar-refractivity contribution in [2.75, 3.05) is 26.2 Å². The SMILES string of the molecule is C=C(/C(=C(/F)C/C=C\C)C(F)(F)F)C1CCCN(C(=O)c2n[nH]c3c2CN(CC(F)(F)F)CC3)CC1. The standard InChI is InChI=1S/C24H29F7N4O/c1-3-4-7-18(25)20(24(29,30)31)15(2)16-6-5-10-35(12-8-16)22(36)21-17-13-34(14-23(26,27)28)11-9-19(17)32-33-21/h3-4,16H,2,5-14H2,1H3,(H,32,33)/b4-3-,20-18-. The van der Waals surface area contributed by atoms with Gasteiger partial charge in [-0.15, -0.1) is 0 Å². The van der Waals surface area contributed by atoms with Gasteiger partial charge in [-0.25, -0.2) is 4.39 Å². The predicted molar refractivity (Wildman–Crippen MR) is 120 cm³/mol. The number of nitrogens with zero attached hydrogens (tertiary/aromatic N) is 3. The Morgan fingerprint density at radius 3 is 2.53 bits per heavy atom. The molecule has 36 heavy (non-hydrogen) atoms. The van der Waals surface area contributed by atoms with Crippen LogP contribution in [-0.2, 0) is 13.0 Å². The number of hydrogen-bond acceptors (Lipinski definition) is 3. The Morgan fingerprint density at radius 2 is 1.89 bits per heavy atom. The molecule has 5 nitrogen and oxygen atoms in total. The van der Waals surface area contributed by atoms with Crippen LogP contribution >= 0.6 is 0 Å². The highest BCUT2D eigenvalue weighted by atomic mass is 19.4. The van der Waals surface area contributed by atoms with Crippen molar-refractivity contribution in [1.29, 1.82) is 0 Å². The molecular formula is C24H29F7N4O. The summed E-state index contributed by atoms with van der Waals surface area (Å²) in [6, 6.07) is 0. The smallest absolute Gasteiger partial charge is 0.337 e. The molecule has 1 atom stereocenters. The highest BCUT2D eigenvalue weighted by Crippen LogP contribution is 2.40. The summed E-state index contributed by atoms with van der Waals surface area (Å²) in [6.07, 6.45) is -5.92. The molecule has 0 radical (unpaired) electrons. The van der Waals surface area contributed by atoms with Gasteiger partial charge >= 0.3 is 12.4 Å². The van der Waals surface area contributed by atoms with Crippen LogP contribution in [0.15, 0.2) is 35.7 Å². The first-order valence-corrected chi connectivity index (χ1v) is 11.7. The molecule has 12 heteroatoms. The molecule has 3 heterocycles. The Hall–Kier alpha value is -2.63. The van der Waals surface area contributed by atoms with Crippen molar-refractivity contribution >= 4 is 5.91 Å². The number of carbonyl (C=O) groups is 1. The number of fused-ring (bicyclic) bond motifs is 1. The molecule has 1 aromatic heterocycles. The van der Waals surface area contributed by atoms with Crippen LogP contribution < -0.4 is 0 Å². The number of alkyl halides is 6.